The zero-order valence-electron chi connectivity index (χ0n) is 10.00. The molecule has 0 aromatic heterocycles. The lowest BCUT2D eigenvalue weighted by molar-refractivity contribution is 0.0736. The van der Waals surface area contributed by atoms with Crippen LogP contribution in [0, 0.1) is 11.7 Å². The van der Waals surface area contributed by atoms with Crippen molar-refractivity contribution >= 4 is 29.1 Å². The number of nitrogens with zero attached hydrogens (tertiary/aromatic N) is 1. The van der Waals surface area contributed by atoms with Crippen LogP contribution in [0.3, 0.4) is 0 Å². The molecule has 1 saturated heterocycles. The Morgan fingerprint density at radius 1 is 1.56 bits per heavy atom. The van der Waals surface area contributed by atoms with Crippen LogP contribution in [-0.2, 0) is 0 Å². The third-order valence-electron chi connectivity index (χ3n) is 3.48. The van der Waals surface area contributed by atoms with Crippen LogP contribution in [0.1, 0.15) is 23.7 Å². The Hall–Kier alpha value is -0.800. The van der Waals surface area contributed by atoms with Gasteiger partial charge < -0.3 is 4.90 Å². The van der Waals surface area contributed by atoms with Crippen molar-refractivity contribution in [1.29, 1.82) is 0 Å². The maximum atomic E-state index is 13.4. The van der Waals surface area contributed by atoms with E-state index in [-0.39, 0.29) is 22.5 Å². The van der Waals surface area contributed by atoms with Gasteiger partial charge in [-0.2, -0.15) is 0 Å². The predicted octanol–water partition coefficient (Wildman–Crippen LogP) is 3.57. The molecule has 18 heavy (non-hydrogen) atoms. The van der Waals surface area contributed by atoms with Crippen LogP contribution in [-0.4, -0.2) is 29.3 Å². The molecule has 0 spiro atoms. The molecule has 2 atom stereocenters. The van der Waals surface area contributed by atoms with Crippen LogP contribution in [0.15, 0.2) is 18.2 Å². The lowest BCUT2D eigenvalue weighted by atomic mass is 10.0. The highest BCUT2D eigenvalue weighted by Crippen LogP contribution is 2.29. The largest absolute Gasteiger partial charge is 0.334 e. The third kappa shape index (κ3) is 2.34. The number of carbonyl (C=O) groups excluding carboxylic acids is 1. The topological polar surface area (TPSA) is 20.3 Å². The van der Waals surface area contributed by atoms with Crippen molar-refractivity contribution in [2.24, 2.45) is 5.92 Å². The van der Waals surface area contributed by atoms with Crippen molar-refractivity contribution < 1.29 is 9.18 Å². The van der Waals surface area contributed by atoms with Crippen LogP contribution in [0.4, 0.5) is 4.39 Å². The molecule has 1 aliphatic rings. The van der Waals surface area contributed by atoms with Gasteiger partial charge in [-0.25, -0.2) is 4.39 Å². The Labute approximate surface area is 116 Å². The van der Waals surface area contributed by atoms with Crippen LogP contribution in [0.5, 0.6) is 0 Å². The molecule has 5 heteroatoms. The van der Waals surface area contributed by atoms with Crippen molar-refractivity contribution in [3.8, 4) is 0 Å². The van der Waals surface area contributed by atoms with E-state index >= 15 is 0 Å². The molecule has 2 rings (SSSR count). The first-order chi connectivity index (χ1) is 8.56. The highest BCUT2D eigenvalue weighted by molar-refractivity contribution is 6.34. The second-order valence-corrected chi connectivity index (χ2v) is 5.27. The zero-order chi connectivity index (χ0) is 13.3. The molecule has 1 fully saturated rings. The summed E-state index contributed by atoms with van der Waals surface area (Å²) in [5.74, 6) is -0.0645. The first-order valence-corrected chi connectivity index (χ1v) is 6.78. The number of benzene rings is 1. The van der Waals surface area contributed by atoms with E-state index in [4.69, 9.17) is 23.2 Å². The number of rotatable bonds is 2. The van der Waals surface area contributed by atoms with Gasteiger partial charge in [-0.3, -0.25) is 4.79 Å². The van der Waals surface area contributed by atoms with Gasteiger partial charge in [-0.1, -0.05) is 24.6 Å². The highest BCUT2D eigenvalue weighted by Gasteiger charge is 2.34. The van der Waals surface area contributed by atoms with E-state index in [1.54, 1.807) is 11.0 Å². The molecule has 1 amide bonds. The van der Waals surface area contributed by atoms with Gasteiger partial charge in [0, 0.05) is 18.5 Å². The average molecular weight is 290 g/mol. The number of carbonyl (C=O) groups is 1. The summed E-state index contributed by atoms with van der Waals surface area (Å²) in [6.45, 7) is 2.71. The standard InChI is InChI=1S/C13H14Cl2FNO/c1-8-5-6-17(11(8)7-14)13(18)9-3-2-4-10(16)12(9)15/h2-4,8,11H,5-7H2,1H3. The maximum Gasteiger partial charge on any atom is 0.255 e. The minimum atomic E-state index is -0.572. The van der Waals surface area contributed by atoms with Crippen molar-refractivity contribution in [3.63, 3.8) is 0 Å². The van der Waals surface area contributed by atoms with E-state index in [2.05, 4.69) is 6.92 Å². The summed E-state index contributed by atoms with van der Waals surface area (Å²) < 4.78 is 13.4. The summed E-state index contributed by atoms with van der Waals surface area (Å²) in [5.41, 5.74) is 0.209. The van der Waals surface area contributed by atoms with Crippen LogP contribution >= 0.6 is 23.2 Å². The van der Waals surface area contributed by atoms with Gasteiger partial charge in [0.1, 0.15) is 5.82 Å². The first kappa shape index (κ1) is 13.6. The van der Waals surface area contributed by atoms with Gasteiger partial charge >= 0.3 is 0 Å². The van der Waals surface area contributed by atoms with Gasteiger partial charge in [-0.15, -0.1) is 11.6 Å². The van der Waals surface area contributed by atoms with Crippen molar-refractivity contribution in [2.45, 2.75) is 19.4 Å². The SMILES string of the molecule is CC1CCN(C(=O)c2cccc(F)c2Cl)C1CCl. The van der Waals surface area contributed by atoms with Crippen LogP contribution in [0.2, 0.25) is 5.02 Å². The monoisotopic (exact) mass is 289 g/mol. The Morgan fingerprint density at radius 2 is 2.28 bits per heavy atom. The predicted molar refractivity (Wildman–Crippen MR) is 70.7 cm³/mol. The first-order valence-electron chi connectivity index (χ1n) is 5.87. The van der Waals surface area contributed by atoms with Gasteiger partial charge in [0.25, 0.3) is 5.91 Å². The molecule has 1 heterocycles. The number of alkyl halides is 1. The summed E-state index contributed by atoms with van der Waals surface area (Å²) in [6.07, 6.45) is 0.913. The van der Waals surface area contributed by atoms with Crippen molar-refractivity contribution in [3.05, 3.63) is 34.6 Å². The Morgan fingerprint density at radius 3 is 2.94 bits per heavy atom. The minimum Gasteiger partial charge on any atom is -0.334 e. The Bertz CT molecular complexity index is 466. The highest BCUT2D eigenvalue weighted by atomic mass is 35.5. The van der Waals surface area contributed by atoms with Crippen LogP contribution in [0.25, 0.3) is 0 Å². The summed E-state index contributed by atoms with van der Waals surface area (Å²) >= 11 is 11.7. The molecular formula is C13H14Cl2FNO. The Balaban J connectivity index is 2.29. The summed E-state index contributed by atoms with van der Waals surface area (Å²) in [6, 6.07) is 4.27. The molecule has 0 aliphatic carbocycles. The second kappa shape index (κ2) is 5.45. The molecule has 1 aromatic rings. The van der Waals surface area contributed by atoms with Crippen LogP contribution < -0.4 is 0 Å². The molecular weight excluding hydrogens is 276 g/mol. The van der Waals surface area contributed by atoms with E-state index in [1.165, 1.54) is 12.1 Å². The lowest BCUT2D eigenvalue weighted by Gasteiger charge is -2.25. The molecule has 1 aliphatic heterocycles. The molecule has 2 nitrogen and oxygen atoms in total. The third-order valence-corrected chi connectivity index (χ3v) is 4.18. The maximum absolute atomic E-state index is 13.4. The summed E-state index contributed by atoms with van der Waals surface area (Å²) in [5, 5.41) is -0.115. The normalized spacial score (nSPS) is 23.4. The molecule has 1 aromatic carbocycles. The van der Waals surface area contributed by atoms with E-state index in [1.807, 2.05) is 0 Å². The van der Waals surface area contributed by atoms with Gasteiger partial charge in [0.05, 0.1) is 10.6 Å². The van der Waals surface area contributed by atoms with Crippen molar-refractivity contribution in [2.75, 3.05) is 12.4 Å². The molecule has 0 radical (unpaired) electrons. The number of hydrogen-bond donors (Lipinski definition) is 0. The van der Waals surface area contributed by atoms with E-state index in [0.717, 1.165) is 6.42 Å². The number of amides is 1. The number of hydrogen-bond acceptors (Lipinski definition) is 1. The fourth-order valence-corrected chi connectivity index (χ4v) is 3.00. The summed E-state index contributed by atoms with van der Waals surface area (Å²) in [4.78, 5) is 14.0. The molecule has 98 valence electrons. The van der Waals surface area contributed by atoms with E-state index in [0.29, 0.717) is 18.3 Å². The zero-order valence-corrected chi connectivity index (χ0v) is 11.5. The number of likely N-dealkylation sites (tertiary alicyclic amines) is 1. The summed E-state index contributed by atoms with van der Waals surface area (Å²) in [7, 11) is 0. The Kier molecular flexibility index (Phi) is 4.13. The quantitative estimate of drug-likeness (QED) is 0.762. The fraction of sp³-hybridized carbons (Fsp3) is 0.462. The van der Waals surface area contributed by atoms with E-state index in [9.17, 15) is 9.18 Å². The molecule has 0 saturated carbocycles. The molecule has 0 bridgehead atoms. The van der Waals surface area contributed by atoms with Gasteiger partial charge in [0.15, 0.2) is 0 Å². The fourth-order valence-electron chi connectivity index (χ4n) is 2.32. The van der Waals surface area contributed by atoms with Gasteiger partial charge in [-0.05, 0) is 24.5 Å². The molecule has 0 N–H and O–H groups in total. The lowest BCUT2D eigenvalue weighted by Crippen LogP contribution is -2.38. The van der Waals surface area contributed by atoms with Crippen molar-refractivity contribution in [1.82, 2.24) is 4.90 Å². The minimum absolute atomic E-state index is 0.00139. The van der Waals surface area contributed by atoms with Gasteiger partial charge in [0.2, 0.25) is 0 Å². The second-order valence-electron chi connectivity index (χ2n) is 4.59. The average Bonchev–Trinajstić information content (AvgIpc) is 2.73. The molecule has 2 unspecified atom stereocenters. The number of halogens is 3. The smallest absolute Gasteiger partial charge is 0.255 e. The van der Waals surface area contributed by atoms with E-state index < -0.39 is 5.82 Å².